The van der Waals surface area contributed by atoms with Gasteiger partial charge in [-0.05, 0) is 0 Å². The van der Waals surface area contributed by atoms with Crippen LogP contribution in [0.2, 0.25) is 0 Å². The third-order valence-corrected chi connectivity index (χ3v) is 1.10. The van der Waals surface area contributed by atoms with Crippen LogP contribution in [0.25, 0.3) is 0 Å². The first-order valence-electron chi connectivity index (χ1n) is 2.74. The van der Waals surface area contributed by atoms with E-state index in [1.54, 1.807) is 0 Å². The van der Waals surface area contributed by atoms with E-state index in [9.17, 15) is 4.79 Å². The summed E-state index contributed by atoms with van der Waals surface area (Å²) in [5.74, 6) is -0.671. The first-order chi connectivity index (χ1) is 4.26. The zero-order valence-electron chi connectivity index (χ0n) is 6.28. The predicted octanol–water partition coefficient (Wildman–Crippen LogP) is -0.463. The summed E-state index contributed by atoms with van der Waals surface area (Å²) in [5, 5.41) is 0. The number of nitrogens with two attached hydrogens (primary N) is 2. The first kappa shape index (κ1) is 17.2. The Morgan fingerprint density at radius 3 is 1.82 bits per heavy atom. The number of methoxy groups -OCH3 is 1. The van der Waals surface area contributed by atoms with E-state index >= 15 is 0 Å². The molecule has 0 aliphatic rings. The number of carbonyl (C=O) groups is 1. The molecule has 70 valence electrons. The van der Waals surface area contributed by atoms with Crippen molar-refractivity contribution in [2.75, 3.05) is 20.2 Å². The van der Waals surface area contributed by atoms with Gasteiger partial charge in [-0.1, -0.05) is 0 Å². The Kier molecular flexibility index (Phi) is 15.6. The molecular weight excluding hydrogens is 191 g/mol. The van der Waals surface area contributed by atoms with Gasteiger partial charge in [0.1, 0.15) is 0 Å². The van der Waals surface area contributed by atoms with Crippen LogP contribution in [0, 0.1) is 5.92 Å². The largest absolute Gasteiger partial charge is 0.469 e. The zero-order valence-corrected chi connectivity index (χ0v) is 7.91. The Hall–Kier alpha value is -0.0300. The molecule has 11 heavy (non-hydrogen) atoms. The van der Waals surface area contributed by atoms with Crippen LogP contribution in [0.4, 0.5) is 0 Å². The topological polar surface area (TPSA) is 78.3 Å². The van der Waals surface area contributed by atoms with E-state index in [0.717, 1.165) is 0 Å². The first-order valence-corrected chi connectivity index (χ1v) is 2.74. The number of carbonyl (C=O) groups excluding carboxylic acids is 1. The standard InChI is InChI=1S/C5H12N2O2.2ClH/c1-9-5(8)4(2-6)3-7;;/h4H,2-3,6-7H2,1H3;2*1H. The quantitative estimate of drug-likeness (QED) is 0.611. The van der Waals surface area contributed by atoms with Crippen LogP contribution in [0.3, 0.4) is 0 Å². The second-order valence-corrected chi connectivity index (χ2v) is 1.69. The smallest absolute Gasteiger partial charge is 0.311 e. The van der Waals surface area contributed by atoms with E-state index < -0.39 is 0 Å². The molecule has 0 rings (SSSR count). The molecule has 0 fully saturated rings. The van der Waals surface area contributed by atoms with Gasteiger partial charge in [-0.15, -0.1) is 24.8 Å². The van der Waals surface area contributed by atoms with E-state index in [0.29, 0.717) is 0 Å². The Labute approximate surface area is 78.5 Å². The number of ether oxygens (including phenoxy) is 1. The average Bonchev–Trinajstić information content (AvgIpc) is 1.90. The summed E-state index contributed by atoms with van der Waals surface area (Å²) in [5.41, 5.74) is 10.4. The molecule has 0 spiro atoms. The van der Waals surface area contributed by atoms with Gasteiger partial charge in [-0.25, -0.2) is 0 Å². The maximum Gasteiger partial charge on any atom is 0.311 e. The van der Waals surface area contributed by atoms with Gasteiger partial charge in [-0.3, -0.25) is 4.79 Å². The van der Waals surface area contributed by atoms with Gasteiger partial charge in [0.05, 0.1) is 13.0 Å². The highest BCUT2D eigenvalue weighted by Crippen LogP contribution is 1.91. The fraction of sp³-hybridized carbons (Fsp3) is 0.800. The van der Waals surface area contributed by atoms with Crippen LogP contribution in [0.1, 0.15) is 0 Å². The Morgan fingerprint density at radius 1 is 1.36 bits per heavy atom. The van der Waals surface area contributed by atoms with E-state index in [1.807, 2.05) is 0 Å². The second-order valence-electron chi connectivity index (χ2n) is 1.69. The molecule has 4 N–H and O–H groups in total. The zero-order chi connectivity index (χ0) is 7.28. The molecule has 0 aromatic carbocycles. The van der Waals surface area contributed by atoms with Crippen molar-refractivity contribution in [2.24, 2.45) is 17.4 Å². The lowest BCUT2D eigenvalue weighted by Crippen LogP contribution is -2.31. The number of rotatable bonds is 3. The summed E-state index contributed by atoms with van der Waals surface area (Å²) in [6.45, 7) is 0.506. The molecule has 0 heterocycles. The minimum atomic E-state index is -0.338. The highest BCUT2D eigenvalue weighted by molar-refractivity contribution is 5.85. The molecule has 0 amide bonds. The van der Waals surface area contributed by atoms with Gasteiger partial charge < -0.3 is 16.2 Å². The van der Waals surface area contributed by atoms with Crippen molar-refractivity contribution in [3.63, 3.8) is 0 Å². The summed E-state index contributed by atoms with van der Waals surface area (Å²) < 4.78 is 4.40. The summed E-state index contributed by atoms with van der Waals surface area (Å²) in [4.78, 5) is 10.6. The molecule has 6 heteroatoms. The van der Waals surface area contributed by atoms with Gasteiger partial charge in [0.15, 0.2) is 0 Å². The fourth-order valence-electron chi connectivity index (χ4n) is 0.455. The minimum absolute atomic E-state index is 0. The van der Waals surface area contributed by atoms with Crippen LogP contribution in [0.15, 0.2) is 0 Å². The maximum absolute atomic E-state index is 10.6. The predicted molar refractivity (Wildman–Crippen MR) is 48.1 cm³/mol. The maximum atomic E-state index is 10.6. The Balaban J connectivity index is -0.000000320. The SMILES string of the molecule is COC(=O)C(CN)CN.Cl.Cl. The van der Waals surface area contributed by atoms with Crippen molar-refractivity contribution in [3.05, 3.63) is 0 Å². The van der Waals surface area contributed by atoms with Crippen LogP contribution < -0.4 is 11.5 Å². The third kappa shape index (κ3) is 6.37. The Bertz CT molecular complexity index is 98.5. The number of hydrogen-bond acceptors (Lipinski definition) is 4. The number of halogens is 2. The molecule has 0 unspecified atom stereocenters. The van der Waals surface area contributed by atoms with Crippen LogP contribution >= 0.6 is 24.8 Å². The Morgan fingerprint density at radius 2 is 1.73 bits per heavy atom. The molecule has 0 saturated carbocycles. The molecule has 4 nitrogen and oxygen atoms in total. The lowest BCUT2D eigenvalue weighted by molar-refractivity contribution is -0.144. The lowest BCUT2D eigenvalue weighted by atomic mass is 10.1. The van der Waals surface area contributed by atoms with Crippen molar-refractivity contribution in [3.8, 4) is 0 Å². The molecule has 0 aliphatic heterocycles. The fourth-order valence-corrected chi connectivity index (χ4v) is 0.455. The van der Waals surface area contributed by atoms with Gasteiger partial charge in [0, 0.05) is 13.1 Å². The van der Waals surface area contributed by atoms with Crippen LogP contribution in [0.5, 0.6) is 0 Å². The molecule has 0 aromatic heterocycles. The van der Waals surface area contributed by atoms with E-state index in [-0.39, 0.29) is 49.8 Å². The normalized spacial score (nSPS) is 8.00. The second kappa shape index (κ2) is 9.97. The number of esters is 1. The molecule has 0 saturated heterocycles. The summed E-state index contributed by atoms with van der Waals surface area (Å²) in [6.07, 6.45) is 0. The van der Waals surface area contributed by atoms with E-state index in [1.165, 1.54) is 7.11 Å². The summed E-state index contributed by atoms with van der Waals surface area (Å²) in [7, 11) is 1.32. The molecule has 0 aromatic rings. The molecule has 0 bridgehead atoms. The molecular formula is C5H14Cl2N2O2. The van der Waals surface area contributed by atoms with Crippen molar-refractivity contribution in [2.45, 2.75) is 0 Å². The van der Waals surface area contributed by atoms with E-state index in [2.05, 4.69) is 4.74 Å². The minimum Gasteiger partial charge on any atom is -0.469 e. The third-order valence-electron chi connectivity index (χ3n) is 1.10. The van der Waals surface area contributed by atoms with Gasteiger partial charge >= 0.3 is 5.97 Å². The monoisotopic (exact) mass is 204 g/mol. The highest BCUT2D eigenvalue weighted by atomic mass is 35.5. The molecule has 0 atom stereocenters. The van der Waals surface area contributed by atoms with Crippen molar-refractivity contribution < 1.29 is 9.53 Å². The number of hydrogen-bond donors (Lipinski definition) is 2. The molecule has 0 radical (unpaired) electrons. The van der Waals surface area contributed by atoms with Crippen LogP contribution in [-0.4, -0.2) is 26.2 Å². The average molecular weight is 205 g/mol. The van der Waals surface area contributed by atoms with Crippen molar-refractivity contribution in [1.29, 1.82) is 0 Å². The van der Waals surface area contributed by atoms with Crippen molar-refractivity contribution in [1.82, 2.24) is 0 Å². The van der Waals surface area contributed by atoms with E-state index in [4.69, 9.17) is 11.5 Å². The summed E-state index contributed by atoms with van der Waals surface area (Å²) in [6, 6.07) is 0. The summed E-state index contributed by atoms with van der Waals surface area (Å²) >= 11 is 0. The van der Waals surface area contributed by atoms with Crippen LogP contribution in [-0.2, 0) is 9.53 Å². The van der Waals surface area contributed by atoms with Crippen molar-refractivity contribution >= 4 is 30.8 Å². The van der Waals surface area contributed by atoms with Gasteiger partial charge in [0.25, 0.3) is 0 Å². The molecule has 0 aliphatic carbocycles. The van der Waals surface area contributed by atoms with Gasteiger partial charge in [-0.2, -0.15) is 0 Å². The highest BCUT2D eigenvalue weighted by Gasteiger charge is 2.13. The van der Waals surface area contributed by atoms with Gasteiger partial charge in [0.2, 0.25) is 0 Å². The lowest BCUT2D eigenvalue weighted by Gasteiger charge is -2.07.